The quantitative estimate of drug-likeness (QED) is 0.812. The topological polar surface area (TPSA) is 32.9 Å². The molecule has 2 aromatic rings. The van der Waals surface area contributed by atoms with Crippen LogP contribution in [-0.4, -0.2) is 10.8 Å². The van der Waals surface area contributed by atoms with Gasteiger partial charge < -0.3 is 9.78 Å². The van der Waals surface area contributed by atoms with Gasteiger partial charge >= 0.3 is 0 Å². The summed E-state index contributed by atoms with van der Waals surface area (Å²) in [7, 11) is 0. The lowest BCUT2D eigenvalue weighted by atomic mass is 9.96. The predicted octanol–water partition coefficient (Wildman–Crippen LogP) is 3.25. The van der Waals surface area contributed by atoms with Crippen LogP contribution in [-0.2, 0) is 4.79 Å². The van der Waals surface area contributed by atoms with Gasteiger partial charge in [-0.25, -0.2) is 0 Å². The van der Waals surface area contributed by atoms with Crippen molar-refractivity contribution >= 4 is 16.7 Å². The van der Waals surface area contributed by atoms with E-state index in [0.29, 0.717) is 12.3 Å². The zero-order chi connectivity index (χ0) is 10.8. The van der Waals surface area contributed by atoms with Crippen LogP contribution in [0.1, 0.15) is 31.7 Å². The minimum atomic E-state index is 0.243. The van der Waals surface area contributed by atoms with Gasteiger partial charge in [0.25, 0.3) is 0 Å². The summed E-state index contributed by atoms with van der Waals surface area (Å²) in [5, 5.41) is 1.23. The molecular weight excluding hydrogens is 186 g/mol. The maximum absolute atomic E-state index is 11.1. The number of benzene rings is 1. The molecule has 0 aliphatic rings. The molecule has 1 heterocycles. The van der Waals surface area contributed by atoms with Crippen LogP contribution in [0, 0.1) is 0 Å². The van der Waals surface area contributed by atoms with E-state index in [1.807, 2.05) is 18.3 Å². The molecule has 1 aromatic heterocycles. The molecule has 0 radical (unpaired) electrons. The van der Waals surface area contributed by atoms with Crippen molar-refractivity contribution in [2.45, 2.75) is 26.2 Å². The van der Waals surface area contributed by atoms with Gasteiger partial charge in [-0.15, -0.1) is 0 Å². The number of hydrogen-bond acceptors (Lipinski definition) is 1. The summed E-state index contributed by atoms with van der Waals surface area (Å²) in [4.78, 5) is 14.3. The number of Topliss-reactive ketones (excluding diaryl/α,β-unsaturated/α-hetero) is 1. The molecule has 2 heteroatoms. The first-order valence-electron chi connectivity index (χ1n) is 5.24. The average Bonchev–Trinajstić information content (AvgIpc) is 2.59. The van der Waals surface area contributed by atoms with Gasteiger partial charge in [-0.1, -0.05) is 25.1 Å². The summed E-state index contributed by atoms with van der Waals surface area (Å²) in [6.07, 6.45) is 2.63. The van der Waals surface area contributed by atoms with E-state index in [1.165, 1.54) is 10.9 Å². The number of H-pyrrole nitrogens is 1. The second-order valence-electron chi connectivity index (χ2n) is 4.10. The molecule has 0 saturated carbocycles. The maximum Gasteiger partial charge on any atom is 0.130 e. The lowest BCUT2D eigenvalue weighted by Gasteiger charge is -2.07. The second-order valence-corrected chi connectivity index (χ2v) is 4.10. The highest BCUT2D eigenvalue weighted by atomic mass is 16.1. The third-order valence-electron chi connectivity index (χ3n) is 2.75. The van der Waals surface area contributed by atoms with Crippen molar-refractivity contribution in [1.29, 1.82) is 0 Å². The van der Waals surface area contributed by atoms with Gasteiger partial charge in [0.05, 0.1) is 0 Å². The number of rotatable bonds is 3. The molecule has 78 valence electrons. The van der Waals surface area contributed by atoms with E-state index in [1.54, 1.807) is 6.92 Å². The van der Waals surface area contributed by atoms with Gasteiger partial charge in [-0.05, 0) is 24.5 Å². The van der Waals surface area contributed by atoms with Gasteiger partial charge in [-0.2, -0.15) is 0 Å². The second kappa shape index (κ2) is 3.89. The van der Waals surface area contributed by atoms with E-state index in [-0.39, 0.29) is 5.78 Å². The standard InChI is InChI=1S/C13H15NO/c1-9(7-10(2)15)12-8-14-13-6-4-3-5-11(12)13/h3-6,8-9,14H,7H2,1-2H3/t9-/m0/s1. The summed E-state index contributed by atoms with van der Waals surface area (Å²) >= 11 is 0. The Bertz CT molecular complexity index is 484. The molecule has 0 saturated heterocycles. The minimum absolute atomic E-state index is 0.243. The number of ketones is 1. The Morgan fingerprint density at radius 2 is 2.13 bits per heavy atom. The fraction of sp³-hybridized carbons (Fsp3) is 0.308. The Balaban J connectivity index is 2.39. The van der Waals surface area contributed by atoms with E-state index in [4.69, 9.17) is 0 Å². The molecule has 0 aliphatic carbocycles. The normalized spacial score (nSPS) is 12.9. The maximum atomic E-state index is 11.1. The largest absolute Gasteiger partial charge is 0.361 e. The van der Waals surface area contributed by atoms with Crippen LogP contribution in [0.25, 0.3) is 10.9 Å². The molecule has 1 aromatic carbocycles. The molecule has 15 heavy (non-hydrogen) atoms. The fourth-order valence-corrected chi connectivity index (χ4v) is 2.04. The van der Waals surface area contributed by atoms with Crippen molar-refractivity contribution in [3.8, 4) is 0 Å². The van der Waals surface area contributed by atoms with Crippen molar-refractivity contribution < 1.29 is 4.79 Å². The summed E-state index contributed by atoms with van der Waals surface area (Å²) in [5.74, 6) is 0.534. The molecule has 2 rings (SSSR count). The van der Waals surface area contributed by atoms with Crippen molar-refractivity contribution in [3.63, 3.8) is 0 Å². The Hall–Kier alpha value is -1.57. The van der Waals surface area contributed by atoms with E-state index in [9.17, 15) is 4.79 Å². The number of para-hydroxylation sites is 1. The number of hydrogen-bond donors (Lipinski definition) is 1. The molecule has 0 fully saturated rings. The molecule has 1 atom stereocenters. The number of carbonyl (C=O) groups is 1. The highest BCUT2D eigenvalue weighted by Crippen LogP contribution is 2.27. The van der Waals surface area contributed by atoms with Gasteiger partial charge in [-0.3, -0.25) is 0 Å². The van der Waals surface area contributed by atoms with E-state index < -0.39 is 0 Å². The predicted molar refractivity (Wildman–Crippen MR) is 62.0 cm³/mol. The van der Waals surface area contributed by atoms with Gasteiger partial charge in [0.1, 0.15) is 5.78 Å². The van der Waals surface area contributed by atoms with E-state index in [2.05, 4.69) is 24.0 Å². The Labute approximate surface area is 89.3 Å². The third kappa shape index (κ3) is 1.94. The molecular formula is C13H15NO. The molecule has 0 unspecified atom stereocenters. The smallest absolute Gasteiger partial charge is 0.130 e. The van der Waals surface area contributed by atoms with E-state index in [0.717, 1.165) is 5.52 Å². The zero-order valence-corrected chi connectivity index (χ0v) is 9.08. The van der Waals surface area contributed by atoms with Crippen molar-refractivity contribution in [1.82, 2.24) is 4.98 Å². The summed E-state index contributed by atoms with van der Waals surface area (Å²) in [6.45, 7) is 3.74. The van der Waals surface area contributed by atoms with Crippen LogP contribution in [0.2, 0.25) is 0 Å². The molecule has 2 nitrogen and oxygen atoms in total. The Morgan fingerprint density at radius 1 is 1.40 bits per heavy atom. The van der Waals surface area contributed by atoms with Crippen molar-refractivity contribution in [2.24, 2.45) is 0 Å². The first-order valence-corrected chi connectivity index (χ1v) is 5.24. The van der Waals surface area contributed by atoms with Crippen LogP contribution in [0.3, 0.4) is 0 Å². The van der Waals surface area contributed by atoms with Crippen molar-refractivity contribution in [3.05, 3.63) is 36.0 Å². The summed E-state index contributed by atoms with van der Waals surface area (Å²) < 4.78 is 0. The number of fused-ring (bicyclic) bond motifs is 1. The van der Waals surface area contributed by atoms with Crippen LogP contribution in [0.4, 0.5) is 0 Å². The van der Waals surface area contributed by atoms with Crippen LogP contribution >= 0.6 is 0 Å². The van der Waals surface area contributed by atoms with Crippen LogP contribution in [0.5, 0.6) is 0 Å². The SMILES string of the molecule is CC(=O)C[C@H](C)c1c[nH]c2ccccc12. The number of aromatic amines is 1. The summed E-state index contributed by atoms with van der Waals surface area (Å²) in [5.41, 5.74) is 2.38. The fourth-order valence-electron chi connectivity index (χ4n) is 2.04. The van der Waals surface area contributed by atoms with Crippen LogP contribution in [0.15, 0.2) is 30.5 Å². The Morgan fingerprint density at radius 3 is 2.87 bits per heavy atom. The molecule has 0 aliphatic heterocycles. The first-order chi connectivity index (χ1) is 7.18. The lowest BCUT2D eigenvalue weighted by Crippen LogP contribution is -1.99. The molecule has 0 bridgehead atoms. The van der Waals surface area contributed by atoms with Crippen LogP contribution < -0.4 is 0 Å². The monoisotopic (exact) mass is 201 g/mol. The minimum Gasteiger partial charge on any atom is -0.361 e. The molecule has 0 amide bonds. The summed E-state index contributed by atoms with van der Waals surface area (Å²) in [6, 6.07) is 8.19. The number of aromatic nitrogens is 1. The van der Waals surface area contributed by atoms with Gasteiger partial charge in [0.2, 0.25) is 0 Å². The highest BCUT2D eigenvalue weighted by Gasteiger charge is 2.12. The zero-order valence-electron chi connectivity index (χ0n) is 9.08. The average molecular weight is 201 g/mol. The number of carbonyl (C=O) groups excluding carboxylic acids is 1. The molecule has 1 N–H and O–H groups in total. The third-order valence-corrected chi connectivity index (χ3v) is 2.75. The Kier molecular flexibility index (Phi) is 2.58. The highest BCUT2D eigenvalue weighted by molar-refractivity contribution is 5.85. The van der Waals surface area contributed by atoms with Gasteiger partial charge in [0.15, 0.2) is 0 Å². The molecule has 0 spiro atoms. The first kappa shape index (κ1) is 9.97. The van der Waals surface area contributed by atoms with Gasteiger partial charge in [0, 0.05) is 23.5 Å². The van der Waals surface area contributed by atoms with E-state index >= 15 is 0 Å². The lowest BCUT2D eigenvalue weighted by molar-refractivity contribution is -0.117. The number of nitrogens with one attached hydrogen (secondary N) is 1. The van der Waals surface area contributed by atoms with Crippen molar-refractivity contribution in [2.75, 3.05) is 0 Å².